The van der Waals surface area contributed by atoms with Gasteiger partial charge in [-0.3, -0.25) is 9.59 Å². The van der Waals surface area contributed by atoms with E-state index in [1.54, 1.807) is 16.8 Å². The summed E-state index contributed by atoms with van der Waals surface area (Å²) in [6.07, 6.45) is 1.49. The standard InChI is InChI=1S/C12H23N3O2/c1-9(2)7-10(13)12(17)15-6-4-5-14(3)11(16)8-15/h9-10H,4-8,13H2,1-3H3/t10-/m0/s1. The third-order valence-electron chi connectivity index (χ3n) is 3.03. The molecule has 0 aliphatic carbocycles. The molecule has 1 fully saturated rings. The van der Waals surface area contributed by atoms with Gasteiger partial charge in [0.2, 0.25) is 11.8 Å². The maximum atomic E-state index is 12.1. The van der Waals surface area contributed by atoms with Crippen LogP contribution in [0.3, 0.4) is 0 Å². The van der Waals surface area contributed by atoms with Crippen LogP contribution in [0.5, 0.6) is 0 Å². The zero-order chi connectivity index (χ0) is 13.0. The normalized spacial score (nSPS) is 19.5. The summed E-state index contributed by atoms with van der Waals surface area (Å²) < 4.78 is 0. The Morgan fingerprint density at radius 2 is 2.06 bits per heavy atom. The number of carbonyl (C=O) groups excluding carboxylic acids is 2. The Labute approximate surface area is 103 Å². The van der Waals surface area contributed by atoms with Crippen molar-refractivity contribution in [3.05, 3.63) is 0 Å². The number of amides is 2. The van der Waals surface area contributed by atoms with Gasteiger partial charge < -0.3 is 15.5 Å². The van der Waals surface area contributed by atoms with Crippen molar-refractivity contribution in [1.29, 1.82) is 0 Å². The molecule has 0 saturated carbocycles. The molecular formula is C12H23N3O2. The van der Waals surface area contributed by atoms with E-state index in [9.17, 15) is 9.59 Å². The maximum Gasteiger partial charge on any atom is 0.241 e. The van der Waals surface area contributed by atoms with E-state index in [1.807, 2.05) is 13.8 Å². The number of likely N-dealkylation sites (N-methyl/N-ethyl adjacent to an activating group) is 1. The van der Waals surface area contributed by atoms with Gasteiger partial charge in [0.15, 0.2) is 0 Å². The van der Waals surface area contributed by atoms with Crippen LogP contribution < -0.4 is 5.73 Å². The van der Waals surface area contributed by atoms with Crippen LogP contribution in [0, 0.1) is 5.92 Å². The van der Waals surface area contributed by atoms with E-state index in [0.717, 1.165) is 6.42 Å². The second kappa shape index (κ2) is 6.00. The molecule has 5 heteroatoms. The largest absolute Gasteiger partial charge is 0.344 e. The number of rotatable bonds is 3. The first kappa shape index (κ1) is 14.0. The van der Waals surface area contributed by atoms with Gasteiger partial charge in [0.1, 0.15) is 0 Å². The predicted octanol–water partition coefficient (Wildman–Crippen LogP) is 0.0505. The lowest BCUT2D eigenvalue weighted by Gasteiger charge is -2.24. The first-order valence-corrected chi connectivity index (χ1v) is 6.20. The molecule has 1 saturated heterocycles. The molecule has 2 N–H and O–H groups in total. The van der Waals surface area contributed by atoms with Crippen molar-refractivity contribution >= 4 is 11.8 Å². The summed E-state index contributed by atoms with van der Waals surface area (Å²) in [5.74, 6) is 0.286. The third-order valence-corrected chi connectivity index (χ3v) is 3.03. The number of carbonyl (C=O) groups is 2. The summed E-state index contributed by atoms with van der Waals surface area (Å²) in [5.41, 5.74) is 5.86. The van der Waals surface area contributed by atoms with Gasteiger partial charge >= 0.3 is 0 Å². The first-order valence-electron chi connectivity index (χ1n) is 6.20. The van der Waals surface area contributed by atoms with Crippen molar-refractivity contribution in [2.75, 3.05) is 26.7 Å². The highest BCUT2D eigenvalue weighted by atomic mass is 16.2. The third kappa shape index (κ3) is 4.00. The fraction of sp³-hybridized carbons (Fsp3) is 0.833. The number of nitrogens with zero attached hydrogens (tertiary/aromatic N) is 2. The highest BCUT2D eigenvalue weighted by Gasteiger charge is 2.26. The van der Waals surface area contributed by atoms with Crippen molar-refractivity contribution in [1.82, 2.24) is 9.80 Å². The minimum atomic E-state index is -0.480. The lowest BCUT2D eigenvalue weighted by Crippen LogP contribution is -2.46. The first-order chi connectivity index (χ1) is 7.91. The zero-order valence-corrected chi connectivity index (χ0v) is 11.0. The van der Waals surface area contributed by atoms with Crippen LogP contribution in [0.15, 0.2) is 0 Å². The second-order valence-electron chi connectivity index (χ2n) is 5.16. The Morgan fingerprint density at radius 3 is 2.65 bits per heavy atom. The van der Waals surface area contributed by atoms with Crippen LogP contribution in [-0.4, -0.2) is 54.3 Å². The van der Waals surface area contributed by atoms with Gasteiger partial charge in [0.05, 0.1) is 12.6 Å². The highest BCUT2D eigenvalue weighted by molar-refractivity contribution is 5.87. The maximum absolute atomic E-state index is 12.1. The number of nitrogens with two attached hydrogens (primary N) is 1. The summed E-state index contributed by atoms with van der Waals surface area (Å²) in [7, 11) is 1.77. The fourth-order valence-corrected chi connectivity index (χ4v) is 2.02. The predicted molar refractivity (Wildman–Crippen MR) is 66.3 cm³/mol. The van der Waals surface area contributed by atoms with Crippen molar-refractivity contribution < 1.29 is 9.59 Å². The molecule has 1 rings (SSSR count). The Hall–Kier alpha value is -1.10. The molecule has 17 heavy (non-hydrogen) atoms. The van der Waals surface area contributed by atoms with Crippen LogP contribution in [-0.2, 0) is 9.59 Å². The van der Waals surface area contributed by atoms with E-state index < -0.39 is 6.04 Å². The summed E-state index contributed by atoms with van der Waals surface area (Å²) >= 11 is 0. The van der Waals surface area contributed by atoms with Gasteiger partial charge in [-0.2, -0.15) is 0 Å². The SMILES string of the molecule is CC(C)C[C@H](N)C(=O)N1CCCN(C)C(=O)C1. The van der Waals surface area contributed by atoms with Gasteiger partial charge in [-0.05, 0) is 18.8 Å². The summed E-state index contributed by atoms with van der Waals surface area (Å²) in [6, 6.07) is -0.480. The van der Waals surface area contributed by atoms with Crippen LogP contribution in [0.2, 0.25) is 0 Å². The Morgan fingerprint density at radius 1 is 1.41 bits per heavy atom. The van der Waals surface area contributed by atoms with Gasteiger partial charge in [0.25, 0.3) is 0 Å². The molecule has 0 spiro atoms. The van der Waals surface area contributed by atoms with Crippen LogP contribution in [0.1, 0.15) is 26.7 Å². The van der Waals surface area contributed by atoms with E-state index in [4.69, 9.17) is 5.73 Å². The topological polar surface area (TPSA) is 66.6 Å². The number of hydrogen-bond donors (Lipinski definition) is 1. The van der Waals surface area contributed by atoms with Gasteiger partial charge in [-0.25, -0.2) is 0 Å². The van der Waals surface area contributed by atoms with E-state index >= 15 is 0 Å². The van der Waals surface area contributed by atoms with E-state index in [1.165, 1.54) is 0 Å². The van der Waals surface area contributed by atoms with Crippen LogP contribution in [0.25, 0.3) is 0 Å². The van der Waals surface area contributed by atoms with Gasteiger partial charge in [-0.1, -0.05) is 13.8 Å². The molecule has 1 heterocycles. The average Bonchev–Trinajstić information content (AvgIpc) is 2.40. The van der Waals surface area contributed by atoms with Crippen LogP contribution in [0.4, 0.5) is 0 Å². The van der Waals surface area contributed by atoms with Gasteiger partial charge in [-0.15, -0.1) is 0 Å². The molecule has 0 bridgehead atoms. The molecular weight excluding hydrogens is 218 g/mol. The summed E-state index contributed by atoms with van der Waals surface area (Å²) in [5, 5.41) is 0. The van der Waals surface area contributed by atoms with Gasteiger partial charge in [0, 0.05) is 20.1 Å². The summed E-state index contributed by atoms with van der Waals surface area (Å²) in [6.45, 7) is 5.58. The Bertz CT molecular complexity index is 291. The zero-order valence-electron chi connectivity index (χ0n) is 11.0. The lowest BCUT2D eigenvalue weighted by molar-refractivity contribution is -0.139. The smallest absolute Gasteiger partial charge is 0.241 e. The summed E-state index contributed by atoms with van der Waals surface area (Å²) in [4.78, 5) is 27.0. The molecule has 98 valence electrons. The fourth-order valence-electron chi connectivity index (χ4n) is 2.02. The molecule has 0 aromatic carbocycles. The minimum absolute atomic E-state index is 0.00685. The molecule has 1 aliphatic rings. The molecule has 0 radical (unpaired) electrons. The van der Waals surface area contributed by atoms with Crippen molar-refractivity contribution in [2.45, 2.75) is 32.7 Å². The molecule has 0 aromatic rings. The van der Waals surface area contributed by atoms with E-state index in [2.05, 4.69) is 0 Å². The molecule has 2 amide bonds. The Kier molecular flexibility index (Phi) is 4.93. The minimum Gasteiger partial charge on any atom is -0.344 e. The molecule has 5 nitrogen and oxygen atoms in total. The van der Waals surface area contributed by atoms with Crippen LogP contribution >= 0.6 is 0 Å². The molecule has 0 unspecified atom stereocenters. The second-order valence-corrected chi connectivity index (χ2v) is 5.16. The van der Waals surface area contributed by atoms with E-state index in [-0.39, 0.29) is 18.4 Å². The average molecular weight is 241 g/mol. The highest BCUT2D eigenvalue weighted by Crippen LogP contribution is 2.09. The molecule has 1 atom stereocenters. The number of hydrogen-bond acceptors (Lipinski definition) is 3. The monoisotopic (exact) mass is 241 g/mol. The van der Waals surface area contributed by atoms with Crippen molar-refractivity contribution in [3.63, 3.8) is 0 Å². The van der Waals surface area contributed by atoms with Crippen molar-refractivity contribution in [3.8, 4) is 0 Å². The quantitative estimate of drug-likeness (QED) is 0.759. The lowest BCUT2D eigenvalue weighted by atomic mass is 10.0. The molecule has 0 aromatic heterocycles. The van der Waals surface area contributed by atoms with Crippen molar-refractivity contribution in [2.24, 2.45) is 11.7 Å². The molecule has 1 aliphatic heterocycles. The Balaban J connectivity index is 2.59. The van der Waals surface area contributed by atoms with E-state index in [0.29, 0.717) is 25.4 Å².